The number of hydrogen-bond acceptors (Lipinski definition) is 4. The average Bonchev–Trinajstić information content (AvgIpc) is 2.53. The quantitative estimate of drug-likeness (QED) is 0.825. The third kappa shape index (κ3) is 3.28. The molecular weight excluding hydrogens is 302 g/mol. The second-order valence-corrected chi connectivity index (χ2v) is 5.60. The monoisotopic (exact) mass is 321 g/mol. The number of aliphatic carboxylic acids is 1. The molecule has 1 aliphatic rings. The predicted molar refractivity (Wildman–Crippen MR) is 80.6 cm³/mol. The van der Waals surface area contributed by atoms with Crippen molar-refractivity contribution in [2.24, 2.45) is 5.92 Å². The van der Waals surface area contributed by atoms with Crippen LogP contribution in [0.4, 0.5) is 4.79 Å². The van der Waals surface area contributed by atoms with Crippen LogP contribution in [-0.2, 0) is 9.53 Å². The molecule has 2 rings (SSSR count). The van der Waals surface area contributed by atoms with Gasteiger partial charge in [0.25, 0.3) is 0 Å². The van der Waals surface area contributed by atoms with Gasteiger partial charge in [0.2, 0.25) is 0 Å². The molecule has 1 fully saturated rings. The fourth-order valence-electron chi connectivity index (χ4n) is 3.12. The van der Waals surface area contributed by atoms with Crippen LogP contribution in [0.1, 0.15) is 33.8 Å². The van der Waals surface area contributed by atoms with Gasteiger partial charge >= 0.3 is 18.0 Å². The van der Waals surface area contributed by atoms with E-state index in [-0.39, 0.29) is 19.5 Å². The van der Waals surface area contributed by atoms with Crippen LogP contribution in [0.5, 0.6) is 0 Å². The van der Waals surface area contributed by atoms with Crippen molar-refractivity contribution in [3.8, 4) is 0 Å². The molecule has 1 aromatic rings. The first-order valence-corrected chi connectivity index (χ1v) is 7.25. The maximum absolute atomic E-state index is 12.1. The summed E-state index contributed by atoms with van der Waals surface area (Å²) in [5.74, 6) is -2.87. The molecule has 0 aliphatic carbocycles. The van der Waals surface area contributed by atoms with Gasteiger partial charge in [0, 0.05) is 19.0 Å². The molecule has 1 aromatic carbocycles. The third-order valence-corrected chi connectivity index (χ3v) is 4.29. The summed E-state index contributed by atoms with van der Waals surface area (Å²) in [6.07, 6.45) is -0.882. The van der Waals surface area contributed by atoms with Crippen LogP contribution in [0.15, 0.2) is 18.2 Å². The molecule has 0 spiro atoms. The molecule has 2 atom stereocenters. The lowest BCUT2D eigenvalue weighted by atomic mass is 9.78. The van der Waals surface area contributed by atoms with Gasteiger partial charge in [-0.15, -0.1) is 0 Å². The van der Waals surface area contributed by atoms with Gasteiger partial charge in [0.15, 0.2) is 0 Å². The zero-order valence-corrected chi connectivity index (χ0v) is 13.0. The number of carbonyl (C=O) groups is 3. The first kappa shape index (κ1) is 16.8. The summed E-state index contributed by atoms with van der Waals surface area (Å²) in [6.45, 7) is 1.95. The number of carboxylic acid groups (broad SMARTS) is 2. The summed E-state index contributed by atoms with van der Waals surface area (Å²) in [6, 6.07) is 5.14. The average molecular weight is 321 g/mol. The highest BCUT2D eigenvalue weighted by Gasteiger charge is 2.38. The number of esters is 1. The number of methoxy groups -OCH3 is 1. The molecular formula is C16H19NO6. The van der Waals surface area contributed by atoms with E-state index in [2.05, 4.69) is 0 Å². The summed E-state index contributed by atoms with van der Waals surface area (Å²) >= 11 is 0. The Labute approximate surface area is 133 Å². The highest BCUT2D eigenvalue weighted by atomic mass is 16.5. The molecule has 7 nitrogen and oxygen atoms in total. The molecule has 124 valence electrons. The van der Waals surface area contributed by atoms with E-state index in [1.807, 2.05) is 0 Å². The lowest BCUT2D eigenvalue weighted by molar-refractivity contribution is -0.144. The topological polar surface area (TPSA) is 104 Å². The van der Waals surface area contributed by atoms with Crippen molar-refractivity contribution in [1.82, 2.24) is 4.90 Å². The molecule has 1 amide bonds. The third-order valence-electron chi connectivity index (χ3n) is 4.29. The molecule has 1 heterocycles. The number of carbonyl (C=O) groups excluding carboxylic acids is 1. The largest absolute Gasteiger partial charge is 0.481 e. The zero-order chi connectivity index (χ0) is 17.1. The maximum Gasteiger partial charge on any atom is 0.407 e. The Hall–Kier alpha value is -2.57. The van der Waals surface area contributed by atoms with E-state index in [4.69, 9.17) is 4.74 Å². The van der Waals surface area contributed by atoms with Crippen molar-refractivity contribution in [2.75, 3.05) is 20.2 Å². The van der Waals surface area contributed by atoms with E-state index in [1.165, 1.54) is 12.0 Å². The van der Waals surface area contributed by atoms with E-state index in [9.17, 15) is 24.6 Å². The van der Waals surface area contributed by atoms with Crippen molar-refractivity contribution < 1.29 is 29.3 Å². The number of aryl methyl sites for hydroxylation is 1. The molecule has 2 unspecified atom stereocenters. The second kappa shape index (κ2) is 6.68. The van der Waals surface area contributed by atoms with E-state index < -0.39 is 29.9 Å². The number of piperidine rings is 1. The Kier molecular flexibility index (Phi) is 4.88. The van der Waals surface area contributed by atoms with Crippen molar-refractivity contribution in [3.05, 3.63) is 34.9 Å². The van der Waals surface area contributed by atoms with Crippen molar-refractivity contribution in [1.29, 1.82) is 0 Å². The van der Waals surface area contributed by atoms with E-state index in [0.29, 0.717) is 16.7 Å². The molecule has 0 aromatic heterocycles. The van der Waals surface area contributed by atoms with Crippen LogP contribution < -0.4 is 0 Å². The summed E-state index contributed by atoms with van der Waals surface area (Å²) in [5, 5.41) is 18.7. The highest BCUT2D eigenvalue weighted by molar-refractivity contribution is 5.93. The van der Waals surface area contributed by atoms with Crippen LogP contribution in [0.25, 0.3) is 0 Å². The molecule has 1 aliphatic heterocycles. The minimum absolute atomic E-state index is 0.0414. The fourth-order valence-corrected chi connectivity index (χ4v) is 3.12. The van der Waals surface area contributed by atoms with Gasteiger partial charge in [-0.05, 0) is 24.5 Å². The van der Waals surface area contributed by atoms with Crippen LogP contribution in [0, 0.1) is 12.8 Å². The van der Waals surface area contributed by atoms with Gasteiger partial charge in [0.05, 0.1) is 18.6 Å². The Morgan fingerprint density at radius 1 is 1.26 bits per heavy atom. The van der Waals surface area contributed by atoms with Crippen LogP contribution >= 0.6 is 0 Å². The molecule has 23 heavy (non-hydrogen) atoms. The van der Waals surface area contributed by atoms with Crippen LogP contribution in [0.2, 0.25) is 0 Å². The highest BCUT2D eigenvalue weighted by Crippen LogP contribution is 2.35. The second-order valence-electron chi connectivity index (χ2n) is 5.60. The number of benzene rings is 1. The lowest BCUT2D eigenvalue weighted by Gasteiger charge is -2.36. The molecule has 1 saturated heterocycles. The van der Waals surface area contributed by atoms with Gasteiger partial charge in [-0.3, -0.25) is 4.79 Å². The minimum atomic E-state index is -1.09. The van der Waals surface area contributed by atoms with Crippen molar-refractivity contribution in [3.63, 3.8) is 0 Å². The van der Waals surface area contributed by atoms with E-state index in [0.717, 1.165) is 0 Å². The summed E-state index contributed by atoms with van der Waals surface area (Å²) < 4.78 is 4.80. The molecule has 7 heteroatoms. The van der Waals surface area contributed by atoms with Gasteiger partial charge in [-0.1, -0.05) is 18.2 Å². The van der Waals surface area contributed by atoms with Gasteiger partial charge in [-0.25, -0.2) is 9.59 Å². The standard InChI is InChI=1S/C16H19NO6/c1-9-4-3-5-10(13(9)15(20)23-2)12-8-17(16(21)22)7-6-11(12)14(18)19/h3-5,11-12H,6-8H2,1-2H3,(H,18,19)(H,21,22). The fraction of sp³-hybridized carbons (Fsp3) is 0.438. The van der Waals surface area contributed by atoms with Gasteiger partial charge in [-0.2, -0.15) is 0 Å². The SMILES string of the molecule is COC(=O)c1c(C)cccc1C1CN(C(=O)O)CCC1C(=O)O. The summed E-state index contributed by atoms with van der Waals surface area (Å²) in [5.41, 5.74) is 1.51. The number of amides is 1. The van der Waals surface area contributed by atoms with E-state index >= 15 is 0 Å². The Balaban J connectivity index is 2.51. The number of hydrogen-bond donors (Lipinski definition) is 2. The number of carboxylic acids is 1. The summed E-state index contributed by atoms with van der Waals surface area (Å²) in [7, 11) is 1.26. The predicted octanol–water partition coefficient (Wildman–Crippen LogP) is 1.95. The minimum Gasteiger partial charge on any atom is -0.481 e. The van der Waals surface area contributed by atoms with Gasteiger partial charge < -0.3 is 19.8 Å². The van der Waals surface area contributed by atoms with Crippen molar-refractivity contribution >= 4 is 18.0 Å². The number of likely N-dealkylation sites (tertiary alicyclic amines) is 1. The number of ether oxygens (including phenoxy) is 1. The Morgan fingerprint density at radius 3 is 2.52 bits per heavy atom. The van der Waals surface area contributed by atoms with Crippen LogP contribution in [0.3, 0.4) is 0 Å². The molecule has 0 radical (unpaired) electrons. The smallest absolute Gasteiger partial charge is 0.407 e. The normalized spacial score (nSPS) is 20.9. The number of rotatable bonds is 3. The molecule has 0 saturated carbocycles. The molecule has 0 bridgehead atoms. The zero-order valence-electron chi connectivity index (χ0n) is 13.0. The molecule has 2 N–H and O–H groups in total. The first-order chi connectivity index (χ1) is 10.9. The first-order valence-electron chi connectivity index (χ1n) is 7.25. The van der Waals surface area contributed by atoms with E-state index in [1.54, 1.807) is 25.1 Å². The maximum atomic E-state index is 12.1. The lowest BCUT2D eigenvalue weighted by Crippen LogP contribution is -2.44. The van der Waals surface area contributed by atoms with Gasteiger partial charge in [0.1, 0.15) is 0 Å². The summed E-state index contributed by atoms with van der Waals surface area (Å²) in [4.78, 5) is 36.1. The van der Waals surface area contributed by atoms with Crippen LogP contribution in [-0.4, -0.2) is 53.3 Å². The Morgan fingerprint density at radius 2 is 1.96 bits per heavy atom. The Bertz CT molecular complexity index is 641. The van der Waals surface area contributed by atoms with Crippen molar-refractivity contribution in [2.45, 2.75) is 19.3 Å². The number of nitrogens with zero attached hydrogens (tertiary/aromatic N) is 1.